The van der Waals surface area contributed by atoms with Gasteiger partial charge in [-0.1, -0.05) is 49.9 Å². The van der Waals surface area contributed by atoms with Gasteiger partial charge in [0, 0.05) is 56.5 Å². The minimum Gasteiger partial charge on any atom is -0.365 e. The molecule has 1 aromatic carbocycles. The van der Waals surface area contributed by atoms with Crippen LogP contribution in [0, 0.1) is 0 Å². The largest absolute Gasteiger partial charge is 0.365 e. The molecule has 1 N–H and O–H groups in total. The van der Waals surface area contributed by atoms with E-state index in [4.69, 9.17) is 0 Å². The normalized spacial score (nSPS) is 18.3. The molecule has 0 saturated carbocycles. The number of benzene rings is 1. The topological polar surface area (TPSA) is 45.2 Å². The van der Waals surface area contributed by atoms with Gasteiger partial charge < -0.3 is 10.2 Å². The molecule has 30 heavy (non-hydrogen) atoms. The van der Waals surface area contributed by atoms with Crippen molar-refractivity contribution in [3.05, 3.63) is 59.9 Å². The van der Waals surface area contributed by atoms with Crippen LogP contribution in [0.25, 0.3) is 0 Å². The zero-order valence-corrected chi connectivity index (χ0v) is 18.1. The van der Waals surface area contributed by atoms with E-state index in [-0.39, 0.29) is 0 Å². The fourth-order valence-electron chi connectivity index (χ4n) is 4.81. The molecule has 1 unspecified atom stereocenters. The zero-order chi connectivity index (χ0) is 20.6. The van der Waals surface area contributed by atoms with Crippen LogP contribution < -0.4 is 10.2 Å². The summed E-state index contributed by atoms with van der Waals surface area (Å²) < 4.78 is 0. The molecular weight excluding hydrogens is 370 g/mol. The Kier molecular flexibility index (Phi) is 7.52. The first kappa shape index (κ1) is 21.0. The van der Waals surface area contributed by atoms with Gasteiger partial charge in [-0.3, -0.25) is 9.78 Å². The van der Waals surface area contributed by atoms with Crippen molar-refractivity contribution in [3.8, 4) is 0 Å². The average Bonchev–Trinajstić information content (AvgIpc) is 3.09. The van der Waals surface area contributed by atoms with Crippen LogP contribution in [0.3, 0.4) is 0 Å². The van der Waals surface area contributed by atoms with Crippen molar-refractivity contribution in [1.29, 1.82) is 0 Å². The van der Waals surface area contributed by atoms with Crippen LogP contribution in [0.5, 0.6) is 0 Å². The van der Waals surface area contributed by atoms with E-state index in [0.29, 0.717) is 24.2 Å². The van der Waals surface area contributed by atoms with Gasteiger partial charge >= 0.3 is 0 Å². The lowest BCUT2D eigenvalue weighted by molar-refractivity contribution is -0.119. The summed E-state index contributed by atoms with van der Waals surface area (Å²) in [5.74, 6) is 1.09. The van der Waals surface area contributed by atoms with Gasteiger partial charge in [0.1, 0.15) is 5.78 Å². The predicted octanol–water partition coefficient (Wildman–Crippen LogP) is 4.89. The number of ketones is 1. The van der Waals surface area contributed by atoms with Crippen molar-refractivity contribution < 1.29 is 4.79 Å². The Bertz CT molecular complexity index is 803. The summed E-state index contributed by atoms with van der Waals surface area (Å²) in [7, 11) is 0. The minimum absolute atomic E-state index is 0.395. The quantitative estimate of drug-likeness (QED) is 0.511. The van der Waals surface area contributed by atoms with Crippen molar-refractivity contribution in [3.63, 3.8) is 0 Å². The van der Waals surface area contributed by atoms with E-state index in [2.05, 4.69) is 39.5 Å². The number of hydrogen-bond acceptors (Lipinski definition) is 4. The molecule has 0 amide bonds. The fraction of sp³-hybridized carbons (Fsp3) is 0.538. The van der Waals surface area contributed by atoms with Crippen LogP contribution >= 0.6 is 0 Å². The van der Waals surface area contributed by atoms with Crippen molar-refractivity contribution in [2.24, 2.45) is 0 Å². The molecule has 2 aromatic rings. The summed E-state index contributed by atoms with van der Waals surface area (Å²) in [5, 5.41) is 3.41. The van der Waals surface area contributed by atoms with E-state index in [1.54, 1.807) is 11.8 Å². The third kappa shape index (κ3) is 5.48. The first-order valence-electron chi connectivity index (χ1n) is 11.8. The van der Waals surface area contributed by atoms with Gasteiger partial charge in [-0.25, -0.2) is 0 Å². The van der Waals surface area contributed by atoms with Gasteiger partial charge in [-0.2, -0.15) is 0 Å². The van der Waals surface area contributed by atoms with Gasteiger partial charge in [-0.15, -0.1) is 0 Å². The van der Waals surface area contributed by atoms with Crippen molar-refractivity contribution >= 4 is 11.5 Å². The molecule has 3 heterocycles. The maximum atomic E-state index is 12.1. The standard InChI is InChI=1S/C26H35N3O/c30-24(15-14-21-9-8-16-27-17-21)11-5-3-1-2-4-10-22-20-29(23-18-28-19-23)26-13-7-6-12-25(22)26/h6-9,12-13,16-17,22-23,28H,1-5,10-11,14-15,18-20H2. The molecule has 0 bridgehead atoms. The lowest BCUT2D eigenvalue weighted by atomic mass is 9.94. The van der Waals surface area contributed by atoms with Gasteiger partial charge in [0.15, 0.2) is 0 Å². The number of Topliss-reactive ketones (excluding diaryl/α,β-unsaturated/α-hetero) is 1. The number of carbonyl (C=O) groups is 1. The second kappa shape index (κ2) is 10.7. The van der Waals surface area contributed by atoms with Crippen molar-refractivity contribution in [2.75, 3.05) is 24.5 Å². The number of unbranched alkanes of at least 4 members (excludes halogenated alkanes) is 4. The number of fused-ring (bicyclic) bond motifs is 1. The molecule has 4 heteroatoms. The van der Waals surface area contributed by atoms with E-state index in [1.165, 1.54) is 44.3 Å². The van der Waals surface area contributed by atoms with Crippen LogP contribution in [-0.2, 0) is 11.2 Å². The van der Waals surface area contributed by atoms with Crippen LogP contribution in [0.4, 0.5) is 5.69 Å². The van der Waals surface area contributed by atoms with Crippen molar-refractivity contribution in [2.45, 2.75) is 69.7 Å². The Morgan fingerprint density at radius 3 is 2.63 bits per heavy atom. The summed E-state index contributed by atoms with van der Waals surface area (Å²) >= 11 is 0. The van der Waals surface area contributed by atoms with E-state index >= 15 is 0 Å². The summed E-state index contributed by atoms with van der Waals surface area (Å²) in [6.07, 6.45) is 13.2. The smallest absolute Gasteiger partial charge is 0.133 e. The molecule has 4 rings (SSSR count). The lowest BCUT2D eigenvalue weighted by Crippen LogP contribution is -2.57. The number of para-hydroxylation sites is 1. The Labute approximate surface area is 181 Å². The molecule has 4 nitrogen and oxygen atoms in total. The summed E-state index contributed by atoms with van der Waals surface area (Å²) in [6, 6.07) is 13.7. The summed E-state index contributed by atoms with van der Waals surface area (Å²) in [4.78, 5) is 18.8. The molecular formula is C26H35N3O. The molecule has 0 aliphatic carbocycles. The summed E-state index contributed by atoms with van der Waals surface area (Å²) in [5.41, 5.74) is 4.19. The maximum Gasteiger partial charge on any atom is 0.133 e. The molecule has 1 aromatic heterocycles. The molecule has 1 saturated heterocycles. The average molecular weight is 406 g/mol. The number of aryl methyl sites for hydroxylation is 1. The molecule has 1 atom stereocenters. The zero-order valence-electron chi connectivity index (χ0n) is 18.1. The number of anilines is 1. The highest BCUT2D eigenvalue weighted by atomic mass is 16.1. The molecule has 1 fully saturated rings. The Morgan fingerprint density at radius 1 is 1.00 bits per heavy atom. The monoisotopic (exact) mass is 405 g/mol. The maximum absolute atomic E-state index is 12.1. The number of pyridine rings is 1. The number of rotatable bonds is 12. The molecule has 0 radical (unpaired) electrons. The van der Waals surface area contributed by atoms with Gasteiger partial charge in [0.2, 0.25) is 0 Å². The third-order valence-corrected chi connectivity index (χ3v) is 6.73. The fourth-order valence-corrected chi connectivity index (χ4v) is 4.81. The number of carbonyl (C=O) groups excluding carboxylic acids is 1. The highest BCUT2D eigenvalue weighted by Crippen LogP contribution is 2.40. The van der Waals surface area contributed by atoms with Gasteiger partial charge in [0.05, 0.1) is 6.04 Å². The van der Waals surface area contributed by atoms with Gasteiger partial charge in [-0.05, 0) is 42.5 Å². The third-order valence-electron chi connectivity index (χ3n) is 6.73. The van der Waals surface area contributed by atoms with Crippen LogP contribution in [0.15, 0.2) is 48.8 Å². The Balaban J connectivity index is 1.08. The van der Waals surface area contributed by atoms with Crippen LogP contribution in [0.1, 0.15) is 68.4 Å². The van der Waals surface area contributed by atoms with E-state index in [1.807, 2.05) is 18.3 Å². The summed E-state index contributed by atoms with van der Waals surface area (Å²) in [6.45, 7) is 3.45. The van der Waals surface area contributed by atoms with E-state index in [0.717, 1.165) is 37.9 Å². The minimum atomic E-state index is 0.395. The number of nitrogens with zero attached hydrogens (tertiary/aromatic N) is 2. The highest BCUT2D eigenvalue weighted by molar-refractivity contribution is 5.78. The van der Waals surface area contributed by atoms with Crippen LogP contribution in [-0.4, -0.2) is 36.4 Å². The molecule has 2 aliphatic heterocycles. The Morgan fingerprint density at radius 2 is 1.83 bits per heavy atom. The van der Waals surface area contributed by atoms with Crippen LogP contribution in [0.2, 0.25) is 0 Å². The SMILES string of the molecule is O=C(CCCCCCCC1CN(C2CNC2)c2ccccc21)CCc1cccnc1. The molecule has 160 valence electrons. The predicted molar refractivity (Wildman–Crippen MR) is 123 cm³/mol. The molecule has 0 spiro atoms. The highest BCUT2D eigenvalue weighted by Gasteiger charge is 2.34. The van der Waals surface area contributed by atoms with Crippen molar-refractivity contribution in [1.82, 2.24) is 10.3 Å². The van der Waals surface area contributed by atoms with E-state index in [9.17, 15) is 4.79 Å². The lowest BCUT2D eigenvalue weighted by Gasteiger charge is -2.37. The first-order chi connectivity index (χ1) is 14.8. The first-order valence-corrected chi connectivity index (χ1v) is 11.8. The number of nitrogens with one attached hydrogen (secondary N) is 1. The molecule has 2 aliphatic rings. The second-order valence-corrected chi connectivity index (χ2v) is 8.93. The van der Waals surface area contributed by atoms with E-state index < -0.39 is 0 Å². The number of aromatic nitrogens is 1. The number of hydrogen-bond donors (Lipinski definition) is 1. The van der Waals surface area contributed by atoms with Gasteiger partial charge in [0.25, 0.3) is 0 Å². The Hall–Kier alpha value is -2.20. The second-order valence-electron chi connectivity index (χ2n) is 8.93.